The molecule has 1 aromatic heterocycles. The van der Waals surface area contributed by atoms with E-state index in [9.17, 15) is 4.79 Å². The molecule has 1 aliphatic rings. The van der Waals surface area contributed by atoms with Gasteiger partial charge in [-0.3, -0.25) is 4.79 Å². The van der Waals surface area contributed by atoms with Crippen molar-refractivity contribution in [3.63, 3.8) is 0 Å². The molecule has 1 N–H and O–H groups in total. The summed E-state index contributed by atoms with van der Waals surface area (Å²) in [5, 5.41) is 5.27. The van der Waals surface area contributed by atoms with Crippen LogP contribution in [0.1, 0.15) is 26.4 Å². The van der Waals surface area contributed by atoms with Crippen molar-refractivity contribution in [1.82, 2.24) is 0 Å². The van der Waals surface area contributed by atoms with Gasteiger partial charge in [0.25, 0.3) is 0 Å². The third kappa shape index (κ3) is 1.76. The van der Waals surface area contributed by atoms with Crippen LogP contribution in [0.15, 0.2) is 29.6 Å². The summed E-state index contributed by atoms with van der Waals surface area (Å²) < 4.78 is 0. The Kier molecular flexibility index (Phi) is 2.48. The number of carbonyl (C=O) groups excluding carboxylic acids is 1. The Hall–Kier alpha value is -1.61. The average molecular weight is 243 g/mol. The first-order valence-corrected chi connectivity index (χ1v) is 6.59. The van der Waals surface area contributed by atoms with Gasteiger partial charge in [-0.2, -0.15) is 0 Å². The van der Waals surface area contributed by atoms with Gasteiger partial charge >= 0.3 is 0 Å². The van der Waals surface area contributed by atoms with Crippen LogP contribution in [0.5, 0.6) is 0 Å². The van der Waals surface area contributed by atoms with Gasteiger partial charge in [0.05, 0.1) is 0 Å². The summed E-state index contributed by atoms with van der Waals surface area (Å²) in [4.78, 5) is 13.4. The fourth-order valence-corrected chi connectivity index (χ4v) is 2.90. The number of aryl methyl sites for hydroxylation is 1. The Balaban J connectivity index is 2.00. The Labute approximate surface area is 104 Å². The summed E-state index contributed by atoms with van der Waals surface area (Å²) in [6.07, 6.45) is 1.06. The van der Waals surface area contributed by atoms with Gasteiger partial charge < -0.3 is 5.32 Å². The fraction of sp³-hybridized carbons (Fsp3) is 0.214. The van der Waals surface area contributed by atoms with E-state index in [4.69, 9.17) is 0 Å². The van der Waals surface area contributed by atoms with E-state index in [0.29, 0.717) is 0 Å². The van der Waals surface area contributed by atoms with E-state index in [2.05, 4.69) is 11.4 Å². The maximum atomic E-state index is 12.3. The lowest BCUT2D eigenvalue weighted by atomic mass is 10.0. The number of thiophene rings is 1. The molecule has 0 radical (unpaired) electrons. The van der Waals surface area contributed by atoms with Crippen LogP contribution in [-0.2, 0) is 6.42 Å². The Morgan fingerprint density at radius 3 is 3.00 bits per heavy atom. The van der Waals surface area contributed by atoms with Crippen molar-refractivity contribution in [2.45, 2.75) is 13.3 Å². The number of anilines is 1. The molecule has 3 heteroatoms. The Morgan fingerprint density at radius 2 is 2.24 bits per heavy atom. The second-order valence-corrected chi connectivity index (χ2v) is 5.39. The number of fused-ring (bicyclic) bond motifs is 1. The maximum absolute atomic E-state index is 12.3. The molecular weight excluding hydrogens is 230 g/mol. The van der Waals surface area contributed by atoms with Gasteiger partial charge in [-0.25, -0.2) is 0 Å². The quantitative estimate of drug-likeness (QED) is 0.820. The third-order valence-electron chi connectivity index (χ3n) is 3.19. The van der Waals surface area contributed by atoms with Crippen molar-refractivity contribution < 1.29 is 4.79 Å². The lowest BCUT2D eigenvalue weighted by Crippen LogP contribution is -2.02. The first-order chi connectivity index (χ1) is 8.25. The minimum atomic E-state index is 0.125. The highest BCUT2D eigenvalue weighted by atomic mass is 32.1. The molecule has 0 unspecified atom stereocenters. The van der Waals surface area contributed by atoms with E-state index < -0.39 is 0 Å². The number of hydrogen-bond acceptors (Lipinski definition) is 3. The zero-order chi connectivity index (χ0) is 11.8. The summed E-state index contributed by atoms with van der Waals surface area (Å²) in [5.74, 6) is 0.125. The van der Waals surface area contributed by atoms with E-state index >= 15 is 0 Å². The van der Waals surface area contributed by atoms with E-state index in [1.54, 1.807) is 11.3 Å². The largest absolute Gasteiger partial charge is 0.384 e. The van der Waals surface area contributed by atoms with Gasteiger partial charge in [0.15, 0.2) is 5.78 Å². The molecule has 0 bridgehead atoms. The number of ketones is 1. The second-order valence-electron chi connectivity index (χ2n) is 4.27. The van der Waals surface area contributed by atoms with E-state index in [1.165, 1.54) is 5.56 Å². The zero-order valence-electron chi connectivity index (χ0n) is 9.62. The molecule has 1 aromatic carbocycles. The van der Waals surface area contributed by atoms with Crippen molar-refractivity contribution in [3.05, 3.63) is 51.2 Å². The van der Waals surface area contributed by atoms with E-state index in [-0.39, 0.29) is 5.78 Å². The highest BCUT2D eigenvalue weighted by Gasteiger charge is 2.16. The van der Waals surface area contributed by atoms with Crippen molar-refractivity contribution in [1.29, 1.82) is 0 Å². The number of benzene rings is 1. The third-order valence-corrected chi connectivity index (χ3v) is 4.03. The maximum Gasteiger partial charge on any atom is 0.194 e. The highest BCUT2D eigenvalue weighted by Crippen LogP contribution is 2.26. The van der Waals surface area contributed by atoms with E-state index in [1.807, 2.05) is 30.5 Å². The monoisotopic (exact) mass is 243 g/mol. The lowest BCUT2D eigenvalue weighted by molar-refractivity contribution is 0.103. The molecule has 1 aliphatic heterocycles. The molecule has 3 rings (SSSR count). The van der Waals surface area contributed by atoms with Crippen LogP contribution in [0.2, 0.25) is 0 Å². The van der Waals surface area contributed by atoms with Crippen LogP contribution in [0, 0.1) is 6.92 Å². The number of nitrogens with one attached hydrogen (secondary N) is 1. The van der Waals surface area contributed by atoms with Gasteiger partial charge in [0.1, 0.15) is 0 Å². The zero-order valence-corrected chi connectivity index (χ0v) is 10.4. The highest BCUT2D eigenvalue weighted by molar-refractivity contribution is 7.10. The van der Waals surface area contributed by atoms with Crippen LogP contribution in [-0.4, -0.2) is 12.3 Å². The van der Waals surface area contributed by atoms with Crippen LogP contribution in [0.25, 0.3) is 0 Å². The fourth-order valence-electron chi connectivity index (χ4n) is 2.21. The lowest BCUT2D eigenvalue weighted by Gasteiger charge is -2.04. The van der Waals surface area contributed by atoms with Crippen LogP contribution in [0.3, 0.4) is 0 Å². The minimum absolute atomic E-state index is 0.125. The Morgan fingerprint density at radius 1 is 1.35 bits per heavy atom. The molecule has 0 saturated carbocycles. The SMILES string of the molecule is Cc1sccc1C(=O)c1ccc2c(c1)NCC2. The van der Waals surface area contributed by atoms with Crippen molar-refractivity contribution in [3.8, 4) is 0 Å². The first kappa shape index (κ1) is 10.5. The van der Waals surface area contributed by atoms with Gasteiger partial charge in [-0.05, 0) is 36.4 Å². The summed E-state index contributed by atoms with van der Waals surface area (Å²) in [7, 11) is 0. The molecular formula is C14H13NOS. The predicted octanol–water partition coefficient (Wildman–Crippen LogP) is 3.26. The smallest absolute Gasteiger partial charge is 0.194 e. The van der Waals surface area contributed by atoms with Crippen molar-refractivity contribution in [2.24, 2.45) is 0 Å². The number of hydrogen-bond donors (Lipinski definition) is 1. The normalized spacial score (nSPS) is 13.2. The molecule has 2 nitrogen and oxygen atoms in total. The van der Waals surface area contributed by atoms with E-state index in [0.717, 1.165) is 34.7 Å². The van der Waals surface area contributed by atoms with Crippen molar-refractivity contribution >= 4 is 22.8 Å². The Bertz CT molecular complexity index is 586. The summed E-state index contributed by atoms with van der Waals surface area (Å²) in [6.45, 7) is 2.97. The topological polar surface area (TPSA) is 29.1 Å². The standard InChI is InChI=1S/C14H13NOS/c1-9-12(5-7-17-9)14(16)11-3-2-10-4-6-15-13(10)8-11/h2-3,5,7-8,15H,4,6H2,1H3. The molecule has 17 heavy (non-hydrogen) atoms. The molecule has 0 aliphatic carbocycles. The molecule has 0 spiro atoms. The predicted molar refractivity (Wildman–Crippen MR) is 71.1 cm³/mol. The number of carbonyl (C=O) groups is 1. The van der Waals surface area contributed by atoms with Crippen LogP contribution < -0.4 is 5.32 Å². The average Bonchev–Trinajstić information content (AvgIpc) is 2.95. The molecule has 0 amide bonds. The number of rotatable bonds is 2. The van der Waals surface area contributed by atoms with Gasteiger partial charge in [0, 0.05) is 28.2 Å². The molecule has 2 heterocycles. The first-order valence-electron chi connectivity index (χ1n) is 5.71. The molecule has 86 valence electrons. The summed E-state index contributed by atoms with van der Waals surface area (Å²) >= 11 is 1.62. The molecule has 0 fully saturated rings. The molecule has 2 aromatic rings. The van der Waals surface area contributed by atoms with Gasteiger partial charge in [-0.1, -0.05) is 12.1 Å². The molecule has 0 saturated heterocycles. The van der Waals surface area contributed by atoms with Crippen LogP contribution in [0.4, 0.5) is 5.69 Å². The summed E-state index contributed by atoms with van der Waals surface area (Å²) in [6, 6.07) is 7.88. The van der Waals surface area contributed by atoms with Crippen LogP contribution >= 0.6 is 11.3 Å². The summed E-state index contributed by atoms with van der Waals surface area (Å²) in [5.41, 5.74) is 4.03. The van der Waals surface area contributed by atoms with Gasteiger partial charge in [0.2, 0.25) is 0 Å². The molecule has 0 atom stereocenters. The minimum Gasteiger partial charge on any atom is -0.384 e. The van der Waals surface area contributed by atoms with Crippen molar-refractivity contribution in [2.75, 3.05) is 11.9 Å². The second kappa shape index (κ2) is 4.00. The van der Waals surface area contributed by atoms with Gasteiger partial charge in [-0.15, -0.1) is 11.3 Å².